The molecule has 0 saturated carbocycles. The number of benzene rings is 1. The van der Waals surface area contributed by atoms with Gasteiger partial charge in [-0.1, -0.05) is 30.3 Å². The molecule has 0 N–H and O–H groups in total. The summed E-state index contributed by atoms with van der Waals surface area (Å²) in [4.78, 5) is 22.4. The van der Waals surface area contributed by atoms with Gasteiger partial charge in [-0.2, -0.15) is 0 Å². The summed E-state index contributed by atoms with van der Waals surface area (Å²) < 4.78 is 0. The van der Waals surface area contributed by atoms with Gasteiger partial charge >= 0.3 is 0 Å². The Bertz CT molecular complexity index is 389. The van der Waals surface area contributed by atoms with Crippen molar-refractivity contribution >= 4 is 12.1 Å². The van der Waals surface area contributed by atoms with Crippen LogP contribution in [0.1, 0.15) is 34.6 Å². The molecule has 0 aliphatic heterocycles. The molecule has 0 aromatic heterocycles. The molecule has 0 aliphatic carbocycles. The number of rotatable bonds is 3. The van der Waals surface area contributed by atoms with Crippen molar-refractivity contribution < 1.29 is 9.59 Å². The molecule has 1 aromatic rings. The van der Waals surface area contributed by atoms with E-state index in [1.807, 2.05) is 0 Å². The van der Waals surface area contributed by atoms with Crippen LogP contribution in [-0.4, -0.2) is 12.1 Å². The third-order valence-electron chi connectivity index (χ3n) is 2.12. The van der Waals surface area contributed by atoms with Crippen LogP contribution < -0.4 is 0 Å². The molecule has 0 bridgehead atoms. The van der Waals surface area contributed by atoms with Crippen molar-refractivity contribution in [1.29, 1.82) is 0 Å². The molecule has 0 atom stereocenters. The highest BCUT2D eigenvalue weighted by Gasteiger charge is 2.10. The van der Waals surface area contributed by atoms with E-state index in [9.17, 15) is 9.59 Å². The predicted octanol–water partition coefficient (Wildman–Crippen LogP) is 2.65. The van der Waals surface area contributed by atoms with Gasteiger partial charge in [-0.25, -0.2) is 0 Å². The number of hydrogen-bond donors (Lipinski definition) is 0. The SMILES string of the molecule is C/C=C(/C)C(=O)c1ccccc1C=O. The molecule has 0 fully saturated rings. The summed E-state index contributed by atoms with van der Waals surface area (Å²) in [7, 11) is 0. The van der Waals surface area contributed by atoms with Crippen molar-refractivity contribution in [2.24, 2.45) is 0 Å². The van der Waals surface area contributed by atoms with Gasteiger partial charge in [0.05, 0.1) is 0 Å². The lowest BCUT2D eigenvalue weighted by Gasteiger charge is -2.02. The molecule has 0 unspecified atom stereocenters. The minimum Gasteiger partial charge on any atom is -0.298 e. The minimum absolute atomic E-state index is 0.0878. The lowest BCUT2D eigenvalue weighted by Crippen LogP contribution is -2.04. The van der Waals surface area contributed by atoms with E-state index in [-0.39, 0.29) is 5.78 Å². The summed E-state index contributed by atoms with van der Waals surface area (Å²) in [6.07, 6.45) is 2.44. The van der Waals surface area contributed by atoms with Crippen LogP contribution in [0.5, 0.6) is 0 Å². The van der Waals surface area contributed by atoms with E-state index in [1.54, 1.807) is 44.2 Å². The highest BCUT2D eigenvalue weighted by Crippen LogP contribution is 2.11. The molecular formula is C12H12O2. The minimum atomic E-state index is -0.0878. The average molecular weight is 188 g/mol. The van der Waals surface area contributed by atoms with Gasteiger partial charge in [0.2, 0.25) is 0 Å². The van der Waals surface area contributed by atoms with E-state index in [0.717, 1.165) is 0 Å². The zero-order valence-corrected chi connectivity index (χ0v) is 8.28. The summed E-state index contributed by atoms with van der Waals surface area (Å²) in [6, 6.07) is 6.80. The van der Waals surface area contributed by atoms with Crippen molar-refractivity contribution in [3.05, 3.63) is 47.0 Å². The summed E-state index contributed by atoms with van der Waals surface area (Å²) in [5.74, 6) is -0.0878. The van der Waals surface area contributed by atoms with Crippen molar-refractivity contribution in [2.45, 2.75) is 13.8 Å². The van der Waals surface area contributed by atoms with Crippen LogP contribution in [0.4, 0.5) is 0 Å². The molecule has 0 heterocycles. The topological polar surface area (TPSA) is 34.1 Å². The Hall–Kier alpha value is -1.70. The number of carbonyl (C=O) groups excluding carboxylic acids is 2. The Morgan fingerprint density at radius 1 is 1.29 bits per heavy atom. The first-order valence-corrected chi connectivity index (χ1v) is 4.42. The van der Waals surface area contributed by atoms with Crippen LogP contribution >= 0.6 is 0 Å². The summed E-state index contributed by atoms with van der Waals surface area (Å²) in [5, 5.41) is 0. The third-order valence-corrected chi connectivity index (χ3v) is 2.12. The van der Waals surface area contributed by atoms with E-state index in [0.29, 0.717) is 23.0 Å². The first-order valence-electron chi connectivity index (χ1n) is 4.42. The van der Waals surface area contributed by atoms with Crippen LogP contribution in [0.15, 0.2) is 35.9 Å². The van der Waals surface area contributed by atoms with Crippen LogP contribution in [0.2, 0.25) is 0 Å². The number of aldehydes is 1. The molecule has 0 spiro atoms. The Morgan fingerprint density at radius 3 is 2.50 bits per heavy atom. The van der Waals surface area contributed by atoms with E-state index in [1.165, 1.54) is 0 Å². The maximum atomic E-state index is 11.7. The van der Waals surface area contributed by atoms with Crippen molar-refractivity contribution in [3.63, 3.8) is 0 Å². The largest absolute Gasteiger partial charge is 0.298 e. The molecule has 72 valence electrons. The van der Waals surface area contributed by atoms with Crippen LogP contribution in [0.25, 0.3) is 0 Å². The Kier molecular flexibility index (Phi) is 3.35. The predicted molar refractivity (Wildman–Crippen MR) is 55.6 cm³/mol. The Labute approximate surface area is 83.3 Å². The zero-order chi connectivity index (χ0) is 10.6. The number of carbonyl (C=O) groups is 2. The molecule has 0 amide bonds. The summed E-state index contributed by atoms with van der Waals surface area (Å²) >= 11 is 0. The van der Waals surface area contributed by atoms with Gasteiger partial charge in [-0.05, 0) is 19.4 Å². The highest BCUT2D eigenvalue weighted by atomic mass is 16.1. The van der Waals surface area contributed by atoms with Gasteiger partial charge in [0.15, 0.2) is 12.1 Å². The van der Waals surface area contributed by atoms with Crippen molar-refractivity contribution in [3.8, 4) is 0 Å². The molecule has 1 aromatic carbocycles. The van der Waals surface area contributed by atoms with Gasteiger partial charge in [0, 0.05) is 11.1 Å². The van der Waals surface area contributed by atoms with Gasteiger partial charge in [0.1, 0.15) is 0 Å². The maximum absolute atomic E-state index is 11.7. The standard InChI is InChI=1S/C12H12O2/c1-3-9(2)12(14)11-7-5-4-6-10(11)8-13/h3-8H,1-2H3/b9-3-. The number of Topliss-reactive ketones (excluding diaryl/α,β-unsaturated/α-hetero) is 1. The van der Waals surface area contributed by atoms with Gasteiger partial charge in [-0.15, -0.1) is 0 Å². The van der Waals surface area contributed by atoms with Crippen molar-refractivity contribution in [2.75, 3.05) is 0 Å². The first-order chi connectivity index (χ1) is 6.70. The molecule has 2 nitrogen and oxygen atoms in total. The fourth-order valence-electron chi connectivity index (χ4n) is 1.15. The zero-order valence-electron chi connectivity index (χ0n) is 8.28. The molecular weight excluding hydrogens is 176 g/mol. The number of allylic oxidation sites excluding steroid dienone is 2. The molecule has 1 rings (SSSR count). The lowest BCUT2D eigenvalue weighted by atomic mass is 10.00. The molecule has 0 aliphatic rings. The molecule has 2 heteroatoms. The lowest BCUT2D eigenvalue weighted by molar-refractivity contribution is 0.102. The van der Waals surface area contributed by atoms with Gasteiger partial charge in [-0.3, -0.25) is 9.59 Å². The number of hydrogen-bond acceptors (Lipinski definition) is 2. The van der Waals surface area contributed by atoms with E-state index in [2.05, 4.69) is 0 Å². The second-order valence-corrected chi connectivity index (χ2v) is 3.01. The first kappa shape index (κ1) is 10.4. The fraction of sp³-hybridized carbons (Fsp3) is 0.167. The van der Waals surface area contributed by atoms with E-state index in [4.69, 9.17) is 0 Å². The van der Waals surface area contributed by atoms with Gasteiger partial charge < -0.3 is 0 Å². The van der Waals surface area contributed by atoms with Gasteiger partial charge in [0.25, 0.3) is 0 Å². The highest BCUT2D eigenvalue weighted by molar-refractivity contribution is 6.12. The smallest absolute Gasteiger partial charge is 0.189 e. The van der Waals surface area contributed by atoms with E-state index >= 15 is 0 Å². The maximum Gasteiger partial charge on any atom is 0.189 e. The van der Waals surface area contributed by atoms with Crippen LogP contribution in [0, 0.1) is 0 Å². The van der Waals surface area contributed by atoms with Crippen molar-refractivity contribution in [1.82, 2.24) is 0 Å². The quantitative estimate of drug-likeness (QED) is 0.415. The molecule has 0 radical (unpaired) electrons. The second-order valence-electron chi connectivity index (χ2n) is 3.01. The summed E-state index contributed by atoms with van der Waals surface area (Å²) in [6.45, 7) is 3.54. The van der Waals surface area contributed by atoms with Crippen LogP contribution in [0.3, 0.4) is 0 Å². The average Bonchev–Trinajstić information content (AvgIpc) is 2.26. The second kappa shape index (κ2) is 4.51. The monoisotopic (exact) mass is 188 g/mol. The fourth-order valence-corrected chi connectivity index (χ4v) is 1.15. The third kappa shape index (κ3) is 1.96. The number of ketones is 1. The van der Waals surface area contributed by atoms with Crippen LogP contribution in [-0.2, 0) is 0 Å². The summed E-state index contributed by atoms with van der Waals surface area (Å²) in [5.41, 5.74) is 1.57. The molecule has 0 saturated heterocycles. The normalized spacial score (nSPS) is 11.1. The Morgan fingerprint density at radius 2 is 1.93 bits per heavy atom. The van der Waals surface area contributed by atoms with E-state index < -0.39 is 0 Å². The molecule has 14 heavy (non-hydrogen) atoms. The Balaban J connectivity index is 3.19.